The molecule has 0 N–H and O–H groups in total. The molecular formula is C21H29N3O2. The minimum Gasteiger partial charge on any atom is -0.419 e. The van der Waals surface area contributed by atoms with E-state index in [2.05, 4.69) is 43.1 Å². The summed E-state index contributed by atoms with van der Waals surface area (Å²) in [5.74, 6) is 1.32. The summed E-state index contributed by atoms with van der Waals surface area (Å²) in [5, 5.41) is 8.27. The molecule has 5 heteroatoms. The maximum Gasteiger partial charge on any atom is 0.247 e. The Morgan fingerprint density at radius 2 is 1.77 bits per heavy atom. The highest BCUT2D eigenvalue weighted by Crippen LogP contribution is 2.27. The van der Waals surface area contributed by atoms with E-state index in [1.165, 1.54) is 12.0 Å². The fourth-order valence-corrected chi connectivity index (χ4v) is 3.49. The second-order valence-electron chi connectivity index (χ2n) is 8.36. The van der Waals surface area contributed by atoms with Crippen LogP contribution < -0.4 is 0 Å². The van der Waals surface area contributed by atoms with Crippen molar-refractivity contribution in [1.29, 1.82) is 0 Å². The van der Waals surface area contributed by atoms with Gasteiger partial charge in [-0.2, -0.15) is 0 Å². The van der Waals surface area contributed by atoms with Crippen LogP contribution in [0, 0.1) is 5.92 Å². The number of nitrogens with zero attached hydrogens (tertiary/aromatic N) is 3. The zero-order valence-corrected chi connectivity index (χ0v) is 16.3. The van der Waals surface area contributed by atoms with E-state index in [0.29, 0.717) is 18.3 Å². The smallest absolute Gasteiger partial charge is 0.247 e. The molecule has 0 unspecified atom stereocenters. The lowest BCUT2D eigenvalue weighted by Crippen LogP contribution is -2.33. The van der Waals surface area contributed by atoms with Gasteiger partial charge in [-0.3, -0.25) is 4.79 Å². The Hall–Kier alpha value is -2.17. The molecule has 0 radical (unpaired) electrons. The molecule has 1 amide bonds. The Morgan fingerprint density at radius 3 is 2.38 bits per heavy atom. The molecule has 5 nitrogen and oxygen atoms in total. The van der Waals surface area contributed by atoms with E-state index in [0.717, 1.165) is 31.2 Å². The fraction of sp³-hybridized carbons (Fsp3) is 0.571. The van der Waals surface area contributed by atoms with Crippen LogP contribution in [0.4, 0.5) is 0 Å². The van der Waals surface area contributed by atoms with Gasteiger partial charge in [0, 0.05) is 18.5 Å². The standard InChI is InChI=1S/C21H29N3O2/c1-21(2,3)17-12-10-15(11-13-17)19-23-22-18(26-19)14-24(4)20(25)16-8-6-5-7-9-16/h10-13,16H,5-9,14H2,1-4H3. The number of carbonyl (C=O) groups excluding carboxylic acids is 1. The first-order valence-corrected chi connectivity index (χ1v) is 9.53. The lowest BCUT2D eigenvalue weighted by atomic mass is 9.87. The molecule has 2 aromatic rings. The maximum absolute atomic E-state index is 12.5. The van der Waals surface area contributed by atoms with Gasteiger partial charge in [0.2, 0.25) is 17.7 Å². The van der Waals surface area contributed by atoms with Gasteiger partial charge in [-0.1, -0.05) is 52.2 Å². The molecule has 0 bridgehead atoms. The lowest BCUT2D eigenvalue weighted by Gasteiger charge is -2.25. The van der Waals surface area contributed by atoms with Crippen LogP contribution in [0.3, 0.4) is 0 Å². The second kappa shape index (κ2) is 7.60. The van der Waals surface area contributed by atoms with Crippen LogP contribution in [0.2, 0.25) is 0 Å². The Kier molecular flexibility index (Phi) is 5.44. The van der Waals surface area contributed by atoms with Gasteiger partial charge in [0.25, 0.3) is 0 Å². The van der Waals surface area contributed by atoms with Crippen LogP contribution in [0.1, 0.15) is 64.3 Å². The predicted octanol–water partition coefficient (Wildman–Crippen LogP) is 4.57. The van der Waals surface area contributed by atoms with Crippen LogP contribution in [0.15, 0.2) is 28.7 Å². The summed E-state index contributed by atoms with van der Waals surface area (Å²) in [4.78, 5) is 14.3. The van der Waals surface area contributed by atoms with E-state index in [1.54, 1.807) is 4.90 Å². The predicted molar refractivity (Wildman–Crippen MR) is 101 cm³/mol. The highest BCUT2D eigenvalue weighted by molar-refractivity contribution is 5.78. The summed E-state index contributed by atoms with van der Waals surface area (Å²) in [7, 11) is 1.82. The number of benzene rings is 1. The van der Waals surface area contributed by atoms with Crippen molar-refractivity contribution in [3.63, 3.8) is 0 Å². The Labute approximate surface area is 155 Å². The summed E-state index contributed by atoms with van der Waals surface area (Å²) in [6, 6.07) is 8.21. The average molecular weight is 355 g/mol. The molecule has 1 aromatic heterocycles. The van der Waals surface area contributed by atoms with Crippen molar-refractivity contribution in [2.45, 2.75) is 64.8 Å². The van der Waals surface area contributed by atoms with Gasteiger partial charge in [0.1, 0.15) is 0 Å². The third-order valence-electron chi connectivity index (χ3n) is 5.17. The molecular weight excluding hydrogens is 326 g/mol. The van der Waals surface area contributed by atoms with Crippen LogP contribution in [-0.4, -0.2) is 28.1 Å². The van der Waals surface area contributed by atoms with Crippen molar-refractivity contribution in [2.24, 2.45) is 5.92 Å². The first-order chi connectivity index (χ1) is 12.3. The highest BCUT2D eigenvalue weighted by atomic mass is 16.4. The Balaban J connectivity index is 1.65. The van der Waals surface area contributed by atoms with Gasteiger partial charge >= 0.3 is 0 Å². The third-order valence-corrected chi connectivity index (χ3v) is 5.17. The van der Waals surface area contributed by atoms with Gasteiger partial charge in [-0.05, 0) is 36.0 Å². The van der Waals surface area contributed by atoms with E-state index in [1.807, 2.05) is 19.2 Å². The van der Waals surface area contributed by atoms with Crippen LogP contribution in [0.5, 0.6) is 0 Å². The summed E-state index contributed by atoms with van der Waals surface area (Å²) in [6.07, 6.45) is 5.55. The molecule has 3 rings (SSSR count). The van der Waals surface area contributed by atoms with Gasteiger partial charge in [0.15, 0.2) is 0 Å². The molecule has 0 saturated heterocycles. The molecule has 1 fully saturated rings. The number of amides is 1. The van der Waals surface area contributed by atoms with Crippen molar-refractivity contribution in [2.75, 3.05) is 7.05 Å². The average Bonchev–Trinajstić information content (AvgIpc) is 3.09. The SMILES string of the molecule is CN(Cc1nnc(-c2ccc(C(C)(C)C)cc2)o1)C(=O)C1CCCCC1. The van der Waals surface area contributed by atoms with Crippen LogP contribution in [-0.2, 0) is 16.8 Å². The monoisotopic (exact) mass is 355 g/mol. The molecule has 1 aliphatic carbocycles. The molecule has 26 heavy (non-hydrogen) atoms. The van der Waals surface area contributed by atoms with Crippen molar-refractivity contribution in [3.05, 3.63) is 35.7 Å². The number of rotatable bonds is 4. The van der Waals surface area contributed by atoms with Gasteiger partial charge in [-0.25, -0.2) is 0 Å². The number of aromatic nitrogens is 2. The third kappa shape index (κ3) is 4.32. The largest absolute Gasteiger partial charge is 0.419 e. The first kappa shape index (κ1) is 18.6. The molecule has 140 valence electrons. The molecule has 1 aromatic carbocycles. The minimum absolute atomic E-state index is 0.112. The Morgan fingerprint density at radius 1 is 1.12 bits per heavy atom. The molecule has 0 atom stereocenters. The van der Waals surface area contributed by atoms with E-state index < -0.39 is 0 Å². The van der Waals surface area contributed by atoms with Crippen LogP contribution >= 0.6 is 0 Å². The summed E-state index contributed by atoms with van der Waals surface area (Å²) < 4.78 is 5.79. The van der Waals surface area contributed by atoms with Gasteiger partial charge in [0.05, 0.1) is 6.54 Å². The minimum atomic E-state index is 0.112. The number of hydrogen-bond acceptors (Lipinski definition) is 4. The first-order valence-electron chi connectivity index (χ1n) is 9.53. The van der Waals surface area contributed by atoms with Gasteiger partial charge < -0.3 is 9.32 Å². The summed E-state index contributed by atoms with van der Waals surface area (Å²) in [5.41, 5.74) is 2.28. The molecule has 1 aliphatic rings. The second-order valence-corrected chi connectivity index (χ2v) is 8.36. The van der Waals surface area contributed by atoms with Crippen LogP contribution in [0.25, 0.3) is 11.5 Å². The van der Waals surface area contributed by atoms with E-state index >= 15 is 0 Å². The van der Waals surface area contributed by atoms with E-state index in [4.69, 9.17) is 4.42 Å². The summed E-state index contributed by atoms with van der Waals surface area (Å²) >= 11 is 0. The number of hydrogen-bond donors (Lipinski definition) is 0. The molecule has 0 aliphatic heterocycles. The van der Waals surface area contributed by atoms with Crippen molar-refractivity contribution in [1.82, 2.24) is 15.1 Å². The number of carbonyl (C=O) groups is 1. The summed E-state index contributed by atoms with van der Waals surface area (Å²) in [6.45, 7) is 6.92. The zero-order valence-electron chi connectivity index (χ0n) is 16.3. The van der Waals surface area contributed by atoms with E-state index in [9.17, 15) is 4.79 Å². The maximum atomic E-state index is 12.5. The normalized spacial score (nSPS) is 15.8. The van der Waals surface area contributed by atoms with Gasteiger partial charge in [-0.15, -0.1) is 10.2 Å². The molecule has 0 spiro atoms. The highest BCUT2D eigenvalue weighted by Gasteiger charge is 2.25. The van der Waals surface area contributed by atoms with Crippen molar-refractivity contribution < 1.29 is 9.21 Å². The van der Waals surface area contributed by atoms with E-state index in [-0.39, 0.29) is 17.2 Å². The lowest BCUT2D eigenvalue weighted by molar-refractivity contribution is -0.136. The fourth-order valence-electron chi connectivity index (χ4n) is 3.49. The van der Waals surface area contributed by atoms with Crippen molar-refractivity contribution >= 4 is 5.91 Å². The molecule has 1 saturated carbocycles. The molecule has 1 heterocycles. The quantitative estimate of drug-likeness (QED) is 0.806. The van der Waals surface area contributed by atoms with Crippen molar-refractivity contribution in [3.8, 4) is 11.5 Å². The zero-order chi connectivity index (χ0) is 18.7. The topological polar surface area (TPSA) is 59.2 Å². The Bertz CT molecular complexity index is 737.